The molecule has 2 N–H and O–H groups in total. The van der Waals surface area contributed by atoms with E-state index in [1.165, 1.54) is 25.7 Å². The van der Waals surface area contributed by atoms with Gasteiger partial charge in [0.1, 0.15) is 5.02 Å². The fraction of sp³-hybridized carbons (Fsp3) is 0.600. The van der Waals surface area contributed by atoms with Crippen LogP contribution in [0, 0.1) is 0 Å². The lowest BCUT2D eigenvalue weighted by molar-refractivity contribution is 0.750. The molecule has 0 amide bonds. The molecule has 1 aliphatic rings. The maximum Gasteiger partial charge on any atom is 0.224 e. The van der Waals surface area contributed by atoms with Crippen LogP contribution in [-0.4, -0.2) is 23.1 Å². The van der Waals surface area contributed by atoms with E-state index in [0.717, 1.165) is 5.82 Å². The van der Waals surface area contributed by atoms with Crippen molar-refractivity contribution in [2.45, 2.75) is 31.7 Å². The van der Waals surface area contributed by atoms with Gasteiger partial charge in [0.05, 0.1) is 6.20 Å². The largest absolute Gasteiger partial charge is 0.366 e. The van der Waals surface area contributed by atoms with Crippen molar-refractivity contribution in [1.29, 1.82) is 0 Å². The molecule has 0 aromatic carbocycles. The van der Waals surface area contributed by atoms with Gasteiger partial charge in [0.15, 0.2) is 5.82 Å². The lowest BCUT2D eigenvalue weighted by atomic mass is 10.2. The van der Waals surface area contributed by atoms with Crippen LogP contribution in [0.25, 0.3) is 0 Å². The number of hydrogen-bond donors (Lipinski definition) is 2. The number of nitrogens with one attached hydrogen (secondary N) is 2. The van der Waals surface area contributed by atoms with Crippen molar-refractivity contribution in [2.24, 2.45) is 0 Å². The van der Waals surface area contributed by atoms with Crippen molar-refractivity contribution in [3.05, 3.63) is 11.2 Å². The monoisotopic (exact) mass is 226 g/mol. The van der Waals surface area contributed by atoms with Crippen molar-refractivity contribution in [3.63, 3.8) is 0 Å². The van der Waals surface area contributed by atoms with E-state index in [-0.39, 0.29) is 0 Å². The van der Waals surface area contributed by atoms with Crippen LogP contribution in [0.4, 0.5) is 11.8 Å². The van der Waals surface area contributed by atoms with Crippen LogP contribution in [0.5, 0.6) is 0 Å². The molecule has 0 aliphatic heterocycles. The van der Waals surface area contributed by atoms with Crippen LogP contribution in [0.15, 0.2) is 6.20 Å². The number of hydrogen-bond acceptors (Lipinski definition) is 4. The Morgan fingerprint density at radius 3 is 2.80 bits per heavy atom. The Morgan fingerprint density at radius 1 is 1.40 bits per heavy atom. The quantitative estimate of drug-likeness (QED) is 0.832. The maximum absolute atomic E-state index is 6.02. The van der Waals surface area contributed by atoms with Crippen LogP contribution >= 0.6 is 11.6 Å². The molecule has 5 heteroatoms. The molecule has 0 unspecified atom stereocenters. The lowest BCUT2D eigenvalue weighted by Crippen LogP contribution is -2.16. The number of anilines is 2. The van der Waals surface area contributed by atoms with Gasteiger partial charge < -0.3 is 10.6 Å². The van der Waals surface area contributed by atoms with Gasteiger partial charge in [-0.15, -0.1) is 0 Å². The molecule has 1 fully saturated rings. The summed E-state index contributed by atoms with van der Waals surface area (Å²) in [7, 11) is 1.79. The summed E-state index contributed by atoms with van der Waals surface area (Å²) in [4.78, 5) is 8.33. The van der Waals surface area contributed by atoms with Gasteiger partial charge in [-0.05, 0) is 12.8 Å². The van der Waals surface area contributed by atoms with Crippen LogP contribution in [-0.2, 0) is 0 Å². The molecule has 0 radical (unpaired) electrons. The first kappa shape index (κ1) is 10.5. The van der Waals surface area contributed by atoms with E-state index >= 15 is 0 Å². The summed E-state index contributed by atoms with van der Waals surface area (Å²) < 4.78 is 0. The highest BCUT2D eigenvalue weighted by molar-refractivity contribution is 6.32. The smallest absolute Gasteiger partial charge is 0.224 e. The Labute approximate surface area is 94.5 Å². The Balaban J connectivity index is 2.11. The third-order valence-corrected chi connectivity index (χ3v) is 2.94. The van der Waals surface area contributed by atoms with E-state index in [2.05, 4.69) is 20.6 Å². The van der Waals surface area contributed by atoms with Gasteiger partial charge in [0.2, 0.25) is 5.95 Å². The first-order valence-corrected chi connectivity index (χ1v) is 5.64. The summed E-state index contributed by atoms with van der Waals surface area (Å²) in [5.74, 6) is 1.34. The van der Waals surface area contributed by atoms with Gasteiger partial charge >= 0.3 is 0 Å². The van der Waals surface area contributed by atoms with Crippen LogP contribution in [0.1, 0.15) is 25.7 Å². The second kappa shape index (κ2) is 4.66. The highest BCUT2D eigenvalue weighted by Crippen LogP contribution is 2.25. The van der Waals surface area contributed by atoms with Crippen molar-refractivity contribution in [2.75, 3.05) is 17.7 Å². The van der Waals surface area contributed by atoms with E-state index in [9.17, 15) is 0 Å². The summed E-state index contributed by atoms with van der Waals surface area (Å²) in [5, 5.41) is 6.84. The average Bonchev–Trinajstić information content (AvgIpc) is 2.74. The Morgan fingerprint density at radius 2 is 2.13 bits per heavy atom. The predicted octanol–water partition coefficient (Wildman–Crippen LogP) is 2.53. The minimum atomic E-state index is 0.516. The van der Waals surface area contributed by atoms with Gasteiger partial charge in [-0.25, -0.2) is 4.98 Å². The molecule has 82 valence electrons. The molecule has 1 saturated carbocycles. The first-order chi connectivity index (χ1) is 7.29. The third-order valence-electron chi connectivity index (χ3n) is 2.66. The molecule has 0 atom stereocenters. The summed E-state index contributed by atoms with van der Waals surface area (Å²) in [6.45, 7) is 0. The molecule has 1 aromatic heterocycles. The minimum absolute atomic E-state index is 0.516. The third kappa shape index (κ3) is 2.50. The van der Waals surface area contributed by atoms with Gasteiger partial charge in [-0.3, -0.25) is 0 Å². The number of halogens is 1. The van der Waals surface area contributed by atoms with Gasteiger partial charge in [-0.2, -0.15) is 4.98 Å². The maximum atomic E-state index is 6.02. The topological polar surface area (TPSA) is 49.8 Å². The van der Waals surface area contributed by atoms with Crippen LogP contribution < -0.4 is 10.6 Å². The molecule has 2 rings (SSSR count). The average molecular weight is 227 g/mol. The van der Waals surface area contributed by atoms with Crippen molar-refractivity contribution in [3.8, 4) is 0 Å². The summed E-state index contributed by atoms with van der Waals surface area (Å²) in [6, 6.07) is 0.516. The molecule has 1 heterocycles. The van der Waals surface area contributed by atoms with E-state index in [1.54, 1.807) is 13.2 Å². The molecule has 0 saturated heterocycles. The zero-order valence-electron chi connectivity index (χ0n) is 8.76. The fourth-order valence-electron chi connectivity index (χ4n) is 1.85. The standard InChI is InChI=1S/C10H15ClN4/c1-12-10-13-6-8(11)9(15-10)14-7-4-2-3-5-7/h6-7H,2-5H2,1H3,(H2,12,13,14,15). The molecule has 0 bridgehead atoms. The Kier molecular flexibility index (Phi) is 3.26. The second-order valence-electron chi connectivity index (χ2n) is 3.77. The molecule has 15 heavy (non-hydrogen) atoms. The number of rotatable bonds is 3. The highest BCUT2D eigenvalue weighted by atomic mass is 35.5. The number of nitrogens with zero attached hydrogens (tertiary/aromatic N) is 2. The second-order valence-corrected chi connectivity index (χ2v) is 4.17. The SMILES string of the molecule is CNc1ncc(Cl)c(NC2CCCC2)n1. The fourth-order valence-corrected chi connectivity index (χ4v) is 2.00. The van der Waals surface area contributed by atoms with Gasteiger partial charge in [0, 0.05) is 13.1 Å². The Bertz CT molecular complexity index is 336. The molecule has 1 aromatic rings. The zero-order valence-corrected chi connectivity index (χ0v) is 9.51. The molecule has 1 aliphatic carbocycles. The Hall–Kier alpha value is -1.03. The van der Waals surface area contributed by atoms with E-state index in [1.807, 2.05) is 0 Å². The zero-order chi connectivity index (χ0) is 10.7. The van der Waals surface area contributed by atoms with E-state index in [4.69, 9.17) is 11.6 Å². The molecule has 4 nitrogen and oxygen atoms in total. The van der Waals surface area contributed by atoms with Crippen LogP contribution in [0.2, 0.25) is 5.02 Å². The lowest BCUT2D eigenvalue weighted by Gasteiger charge is -2.14. The van der Waals surface area contributed by atoms with Crippen LogP contribution in [0.3, 0.4) is 0 Å². The predicted molar refractivity (Wildman–Crippen MR) is 62.5 cm³/mol. The molecular formula is C10H15ClN4. The summed E-state index contributed by atoms with van der Waals surface area (Å²) in [5.41, 5.74) is 0. The molecule has 0 spiro atoms. The van der Waals surface area contributed by atoms with Gasteiger partial charge in [-0.1, -0.05) is 24.4 Å². The minimum Gasteiger partial charge on any atom is -0.366 e. The normalized spacial score (nSPS) is 16.7. The first-order valence-electron chi connectivity index (χ1n) is 5.26. The van der Waals surface area contributed by atoms with E-state index in [0.29, 0.717) is 17.0 Å². The molecular weight excluding hydrogens is 212 g/mol. The summed E-state index contributed by atoms with van der Waals surface area (Å²) >= 11 is 6.02. The van der Waals surface area contributed by atoms with Crippen molar-refractivity contribution in [1.82, 2.24) is 9.97 Å². The highest BCUT2D eigenvalue weighted by Gasteiger charge is 2.16. The van der Waals surface area contributed by atoms with Crippen molar-refractivity contribution < 1.29 is 0 Å². The number of aromatic nitrogens is 2. The summed E-state index contributed by atoms with van der Waals surface area (Å²) in [6.07, 6.45) is 6.61. The van der Waals surface area contributed by atoms with Crippen molar-refractivity contribution >= 4 is 23.4 Å². The van der Waals surface area contributed by atoms with Gasteiger partial charge in [0.25, 0.3) is 0 Å². The van der Waals surface area contributed by atoms with E-state index < -0.39 is 0 Å².